The van der Waals surface area contributed by atoms with Crippen molar-refractivity contribution in [1.29, 1.82) is 0 Å². The number of hydrogen-bond acceptors (Lipinski definition) is 3. The van der Waals surface area contributed by atoms with Crippen LogP contribution < -0.4 is 4.72 Å². The molecule has 2 N–H and O–H groups in total. The van der Waals surface area contributed by atoms with E-state index in [4.69, 9.17) is 5.11 Å². The van der Waals surface area contributed by atoms with Crippen LogP contribution in [0.3, 0.4) is 0 Å². The smallest absolute Gasteiger partial charge is 0.246 e. The summed E-state index contributed by atoms with van der Waals surface area (Å²) in [6.45, 7) is 1.07. The van der Waals surface area contributed by atoms with E-state index in [9.17, 15) is 21.6 Å². The third-order valence-corrected chi connectivity index (χ3v) is 3.84. The lowest BCUT2D eigenvalue weighted by Crippen LogP contribution is -2.37. The molecule has 0 aliphatic heterocycles. The van der Waals surface area contributed by atoms with Crippen molar-refractivity contribution in [2.45, 2.75) is 24.3 Å². The van der Waals surface area contributed by atoms with Crippen molar-refractivity contribution < 1.29 is 26.7 Å². The van der Waals surface area contributed by atoms with Crippen molar-refractivity contribution in [2.24, 2.45) is 0 Å². The summed E-state index contributed by atoms with van der Waals surface area (Å²) in [4.78, 5) is -1.25. The van der Waals surface area contributed by atoms with Gasteiger partial charge in [0.2, 0.25) is 10.0 Å². The monoisotopic (exact) mass is 283 g/mol. The van der Waals surface area contributed by atoms with Gasteiger partial charge in [-0.1, -0.05) is 6.92 Å². The van der Waals surface area contributed by atoms with Crippen molar-refractivity contribution in [3.05, 3.63) is 29.6 Å². The summed E-state index contributed by atoms with van der Waals surface area (Å²) in [5.74, 6) is -4.25. The van der Waals surface area contributed by atoms with Crippen LogP contribution in [0, 0.1) is 17.5 Å². The highest BCUT2D eigenvalue weighted by Crippen LogP contribution is 2.20. The zero-order chi connectivity index (χ0) is 13.9. The molecule has 0 spiro atoms. The molecule has 102 valence electrons. The Morgan fingerprint density at radius 3 is 2.17 bits per heavy atom. The third kappa shape index (κ3) is 3.21. The molecule has 1 aromatic carbocycles. The minimum atomic E-state index is -4.49. The first-order valence-corrected chi connectivity index (χ1v) is 6.57. The summed E-state index contributed by atoms with van der Waals surface area (Å²) in [5, 5.41) is 8.84. The van der Waals surface area contributed by atoms with E-state index < -0.39 is 45.0 Å². The van der Waals surface area contributed by atoms with E-state index in [1.807, 2.05) is 4.72 Å². The zero-order valence-electron chi connectivity index (χ0n) is 9.45. The van der Waals surface area contributed by atoms with Gasteiger partial charge >= 0.3 is 0 Å². The second-order valence-electron chi connectivity index (χ2n) is 3.61. The molecular formula is C10H12F3NO3S. The van der Waals surface area contributed by atoms with Crippen LogP contribution in [0.4, 0.5) is 13.2 Å². The molecule has 0 heterocycles. The molecule has 0 saturated carbocycles. The van der Waals surface area contributed by atoms with Gasteiger partial charge < -0.3 is 5.11 Å². The Bertz CT molecular complexity index is 506. The molecular weight excluding hydrogens is 271 g/mol. The van der Waals surface area contributed by atoms with Crippen LogP contribution in [-0.4, -0.2) is 26.2 Å². The number of nitrogens with one attached hydrogen (secondary N) is 1. The summed E-state index contributed by atoms with van der Waals surface area (Å²) in [7, 11) is -4.49. The van der Waals surface area contributed by atoms with Crippen molar-refractivity contribution in [1.82, 2.24) is 4.72 Å². The molecule has 1 rings (SSSR count). The lowest BCUT2D eigenvalue weighted by molar-refractivity contribution is 0.253. The molecule has 8 heteroatoms. The normalized spacial score (nSPS) is 13.6. The summed E-state index contributed by atoms with van der Waals surface area (Å²) >= 11 is 0. The van der Waals surface area contributed by atoms with Gasteiger partial charge in [0.05, 0.1) is 6.61 Å². The van der Waals surface area contributed by atoms with E-state index >= 15 is 0 Å². The van der Waals surface area contributed by atoms with Crippen LogP contribution in [-0.2, 0) is 10.0 Å². The molecule has 0 unspecified atom stereocenters. The summed E-state index contributed by atoms with van der Waals surface area (Å²) in [6.07, 6.45) is 0.236. The van der Waals surface area contributed by atoms with Crippen LogP contribution >= 0.6 is 0 Å². The summed E-state index contributed by atoms with van der Waals surface area (Å²) < 4.78 is 64.6. The van der Waals surface area contributed by atoms with E-state index in [1.54, 1.807) is 6.92 Å². The highest BCUT2D eigenvalue weighted by atomic mass is 32.2. The Morgan fingerprint density at radius 2 is 1.78 bits per heavy atom. The molecule has 0 bridgehead atoms. The minimum absolute atomic E-state index is 0.236. The number of aliphatic hydroxyl groups is 1. The van der Waals surface area contributed by atoms with Gasteiger partial charge in [0.25, 0.3) is 0 Å². The maximum Gasteiger partial charge on any atom is 0.246 e. The number of rotatable bonds is 5. The molecule has 0 fully saturated rings. The van der Waals surface area contributed by atoms with Gasteiger partial charge in [0.15, 0.2) is 4.90 Å². The molecule has 1 aromatic rings. The first-order valence-electron chi connectivity index (χ1n) is 5.09. The predicted octanol–water partition coefficient (Wildman–Crippen LogP) is 1.15. The topological polar surface area (TPSA) is 66.4 Å². The Balaban J connectivity index is 3.21. The Labute approximate surface area is 102 Å². The fourth-order valence-electron chi connectivity index (χ4n) is 1.31. The molecule has 0 aliphatic rings. The van der Waals surface area contributed by atoms with Crippen LogP contribution in [0.2, 0.25) is 0 Å². The third-order valence-electron chi connectivity index (χ3n) is 2.27. The standard InChI is InChI=1S/C10H12F3NO3S/c1-2-7(5-15)14-18(16,17)10-8(12)3-6(11)4-9(10)13/h3-4,7,14-15H,2,5H2,1H3/t7-/m0/s1. The SMILES string of the molecule is CC[C@@H](CO)NS(=O)(=O)c1c(F)cc(F)cc1F. The largest absolute Gasteiger partial charge is 0.395 e. The first kappa shape index (κ1) is 14.9. The molecule has 18 heavy (non-hydrogen) atoms. The van der Waals surface area contributed by atoms with Gasteiger partial charge in [-0.05, 0) is 6.42 Å². The Hall–Kier alpha value is -1.12. The highest BCUT2D eigenvalue weighted by molar-refractivity contribution is 7.89. The number of halogens is 3. The molecule has 0 radical (unpaired) electrons. The van der Waals surface area contributed by atoms with E-state index in [0.29, 0.717) is 0 Å². The van der Waals surface area contributed by atoms with Gasteiger partial charge in [-0.3, -0.25) is 0 Å². The Kier molecular flexibility index (Phi) is 4.71. The average molecular weight is 283 g/mol. The van der Waals surface area contributed by atoms with Gasteiger partial charge in [-0.25, -0.2) is 26.3 Å². The zero-order valence-corrected chi connectivity index (χ0v) is 10.3. The van der Waals surface area contributed by atoms with Gasteiger partial charge in [-0.15, -0.1) is 0 Å². The van der Waals surface area contributed by atoms with E-state index in [-0.39, 0.29) is 18.6 Å². The first-order chi connectivity index (χ1) is 8.31. The van der Waals surface area contributed by atoms with Crippen LogP contribution in [0.5, 0.6) is 0 Å². The fourth-order valence-corrected chi connectivity index (χ4v) is 2.74. The fraction of sp³-hybridized carbons (Fsp3) is 0.400. The van der Waals surface area contributed by atoms with Gasteiger partial charge in [0.1, 0.15) is 17.5 Å². The van der Waals surface area contributed by atoms with Crippen LogP contribution in [0.15, 0.2) is 17.0 Å². The number of sulfonamides is 1. The Morgan fingerprint density at radius 1 is 1.28 bits per heavy atom. The maximum absolute atomic E-state index is 13.3. The van der Waals surface area contributed by atoms with Crippen molar-refractivity contribution in [3.8, 4) is 0 Å². The second kappa shape index (κ2) is 5.68. The molecule has 0 saturated heterocycles. The quantitative estimate of drug-likeness (QED) is 0.852. The van der Waals surface area contributed by atoms with E-state index in [2.05, 4.69) is 0 Å². The number of aliphatic hydroxyl groups excluding tert-OH is 1. The van der Waals surface area contributed by atoms with Crippen molar-refractivity contribution in [3.63, 3.8) is 0 Å². The highest BCUT2D eigenvalue weighted by Gasteiger charge is 2.27. The maximum atomic E-state index is 13.3. The lowest BCUT2D eigenvalue weighted by atomic mass is 10.3. The lowest BCUT2D eigenvalue weighted by Gasteiger charge is -2.15. The van der Waals surface area contributed by atoms with Gasteiger partial charge in [-0.2, -0.15) is 0 Å². The molecule has 1 atom stereocenters. The molecule has 0 amide bonds. The van der Waals surface area contributed by atoms with Crippen LogP contribution in [0.1, 0.15) is 13.3 Å². The van der Waals surface area contributed by atoms with Crippen molar-refractivity contribution in [2.75, 3.05) is 6.61 Å². The number of benzene rings is 1. The van der Waals surface area contributed by atoms with E-state index in [0.717, 1.165) is 0 Å². The molecule has 0 aromatic heterocycles. The van der Waals surface area contributed by atoms with E-state index in [1.165, 1.54) is 0 Å². The predicted molar refractivity (Wildman–Crippen MR) is 57.8 cm³/mol. The molecule has 0 aliphatic carbocycles. The summed E-state index contributed by atoms with van der Waals surface area (Å²) in [5.41, 5.74) is 0. The number of hydrogen-bond donors (Lipinski definition) is 2. The van der Waals surface area contributed by atoms with Gasteiger partial charge in [0, 0.05) is 18.2 Å². The molecule has 4 nitrogen and oxygen atoms in total. The summed E-state index contributed by atoms with van der Waals surface area (Å²) in [6, 6.07) is -0.311. The average Bonchev–Trinajstić information content (AvgIpc) is 2.23. The van der Waals surface area contributed by atoms with Crippen molar-refractivity contribution >= 4 is 10.0 Å². The second-order valence-corrected chi connectivity index (χ2v) is 5.26. The minimum Gasteiger partial charge on any atom is -0.395 e. The van der Waals surface area contributed by atoms with Crippen LogP contribution in [0.25, 0.3) is 0 Å².